The molecule has 8 nitrogen and oxygen atoms in total. The molecule has 2 aliphatic rings. The van der Waals surface area contributed by atoms with Crippen molar-refractivity contribution in [2.75, 3.05) is 52.7 Å². The highest BCUT2D eigenvalue weighted by atomic mass is 16.7. The Morgan fingerprint density at radius 3 is 2.80 bits per heavy atom. The normalized spacial score (nSPS) is 16.0. The lowest BCUT2D eigenvalue weighted by Gasteiger charge is -2.26. The van der Waals surface area contributed by atoms with Gasteiger partial charge in [0, 0.05) is 19.6 Å². The molecule has 0 radical (unpaired) electrons. The van der Waals surface area contributed by atoms with Crippen LogP contribution in [0.15, 0.2) is 41.0 Å². The van der Waals surface area contributed by atoms with Crippen LogP contribution in [0.3, 0.4) is 0 Å². The van der Waals surface area contributed by atoms with E-state index in [1.807, 2.05) is 30.3 Å². The monoisotopic (exact) mass is 415 g/mol. The van der Waals surface area contributed by atoms with Crippen LogP contribution in [0.2, 0.25) is 0 Å². The van der Waals surface area contributed by atoms with Gasteiger partial charge in [0.1, 0.15) is 5.76 Å². The van der Waals surface area contributed by atoms with Crippen molar-refractivity contribution in [2.24, 2.45) is 0 Å². The molecule has 1 amide bonds. The summed E-state index contributed by atoms with van der Waals surface area (Å²) in [6.45, 7) is 6.88. The first-order valence-corrected chi connectivity index (χ1v) is 10.5. The lowest BCUT2D eigenvalue weighted by atomic mass is 10.2. The SMILES string of the molecule is O=C(CNCCCN1CCOCC1)N(Cc1ccc2c(c1)OCO2)Cc1ccco1. The summed E-state index contributed by atoms with van der Waals surface area (Å²) in [6, 6.07) is 9.50. The maximum atomic E-state index is 12.9. The van der Waals surface area contributed by atoms with E-state index in [-0.39, 0.29) is 12.7 Å². The predicted molar refractivity (Wildman–Crippen MR) is 110 cm³/mol. The van der Waals surface area contributed by atoms with Crippen LogP contribution < -0.4 is 14.8 Å². The van der Waals surface area contributed by atoms with Gasteiger partial charge in [-0.05, 0) is 49.3 Å². The van der Waals surface area contributed by atoms with Gasteiger partial charge in [-0.2, -0.15) is 0 Å². The number of carbonyl (C=O) groups excluding carboxylic acids is 1. The van der Waals surface area contributed by atoms with Crippen molar-refractivity contribution in [3.63, 3.8) is 0 Å². The van der Waals surface area contributed by atoms with Gasteiger partial charge in [0.2, 0.25) is 12.7 Å². The minimum Gasteiger partial charge on any atom is -0.467 e. The van der Waals surface area contributed by atoms with E-state index >= 15 is 0 Å². The first-order valence-electron chi connectivity index (χ1n) is 10.5. The number of amides is 1. The third-order valence-electron chi connectivity index (χ3n) is 5.30. The van der Waals surface area contributed by atoms with Gasteiger partial charge in [-0.1, -0.05) is 6.07 Å². The summed E-state index contributed by atoms with van der Waals surface area (Å²) in [5.41, 5.74) is 0.992. The second kappa shape index (κ2) is 10.5. The van der Waals surface area contributed by atoms with E-state index in [1.54, 1.807) is 11.2 Å². The molecule has 2 aromatic rings. The predicted octanol–water partition coefficient (Wildman–Crippen LogP) is 1.85. The second-order valence-corrected chi connectivity index (χ2v) is 7.50. The molecule has 1 aromatic carbocycles. The molecule has 0 aliphatic carbocycles. The standard InChI is InChI=1S/C22H29N3O5/c26-22(14-23-6-2-7-24-8-11-27-12-9-24)25(16-19-3-1-10-28-19)15-18-4-5-20-21(13-18)30-17-29-20/h1,3-5,10,13,23H,2,6-9,11-12,14-17H2. The molecule has 30 heavy (non-hydrogen) atoms. The summed E-state index contributed by atoms with van der Waals surface area (Å²) in [6.07, 6.45) is 2.63. The molecule has 0 spiro atoms. The Labute approximate surface area is 176 Å². The van der Waals surface area contributed by atoms with Gasteiger partial charge < -0.3 is 28.8 Å². The molecule has 0 saturated carbocycles. The third kappa shape index (κ3) is 5.75. The number of fused-ring (bicyclic) bond motifs is 1. The number of morpholine rings is 1. The van der Waals surface area contributed by atoms with Crippen LogP contribution in [0, 0.1) is 0 Å². The quantitative estimate of drug-likeness (QED) is 0.594. The van der Waals surface area contributed by atoms with Crippen LogP contribution in [0.25, 0.3) is 0 Å². The minimum atomic E-state index is 0.0374. The summed E-state index contributed by atoms with van der Waals surface area (Å²) in [5, 5.41) is 3.29. The zero-order valence-electron chi connectivity index (χ0n) is 17.2. The molecular formula is C22H29N3O5. The van der Waals surface area contributed by atoms with Crippen molar-refractivity contribution >= 4 is 5.91 Å². The zero-order chi connectivity index (χ0) is 20.6. The van der Waals surface area contributed by atoms with E-state index in [0.29, 0.717) is 19.6 Å². The van der Waals surface area contributed by atoms with E-state index in [2.05, 4.69) is 10.2 Å². The van der Waals surface area contributed by atoms with Crippen LogP contribution in [-0.2, 0) is 22.6 Å². The highest BCUT2D eigenvalue weighted by molar-refractivity contribution is 5.78. The summed E-state index contributed by atoms with van der Waals surface area (Å²) in [7, 11) is 0. The van der Waals surface area contributed by atoms with Gasteiger partial charge in [-0.15, -0.1) is 0 Å². The maximum absolute atomic E-state index is 12.9. The molecule has 1 aromatic heterocycles. The molecule has 0 unspecified atom stereocenters. The topological polar surface area (TPSA) is 76.4 Å². The largest absolute Gasteiger partial charge is 0.467 e. The maximum Gasteiger partial charge on any atom is 0.237 e. The number of carbonyl (C=O) groups is 1. The Morgan fingerprint density at radius 1 is 1.10 bits per heavy atom. The van der Waals surface area contributed by atoms with Crippen molar-refractivity contribution in [1.29, 1.82) is 0 Å². The van der Waals surface area contributed by atoms with E-state index in [0.717, 1.165) is 68.6 Å². The van der Waals surface area contributed by atoms with Crippen LogP contribution >= 0.6 is 0 Å². The van der Waals surface area contributed by atoms with E-state index in [4.69, 9.17) is 18.6 Å². The van der Waals surface area contributed by atoms with Crippen molar-refractivity contribution in [3.8, 4) is 11.5 Å². The first kappa shape index (κ1) is 20.7. The van der Waals surface area contributed by atoms with Crippen LogP contribution in [0.1, 0.15) is 17.7 Å². The Morgan fingerprint density at radius 2 is 1.97 bits per heavy atom. The Bertz CT molecular complexity index is 805. The smallest absolute Gasteiger partial charge is 0.237 e. The molecule has 0 bridgehead atoms. The summed E-state index contributed by atoms with van der Waals surface area (Å²) >= 11 is 0. The van der Waals surface area contributed by atoms with Gasteiger partial charge in [0.05, 0.1) is 32.6 Å². The molecular weight excluding hydrogens is 386 g/mol. The van der Waals surface area contributed by atoms with E-state index in [9.17, 15) is 4.79 Å². The second-order valence-electron chi connectivity index (χ2n) is 7.50. The molecule has 0 atom stereocenters. The number of rotatable bonds is 10. The fourth-order valence-electron chi connectivity index (χ4n) is 3.64. The first-order chi connectivity index (χ1) is 14.8. The molecule has 1 fully saturated rings. The minimum absolute atomic E-state index is 0.0374. The number of benzene rings is 1. The number of furan rings is 1. The van der Waals surface area contributed by atoms with Gasteiger partial charge in [-0.3, -0.25) is 9.69 Å². The lowest BCUT2D eigenvalue weighted by molar-refractivity contribution is -0.131. The molecule has 1 N–H and O–H groups in total. The fourth-order valence-corrected chi connectivity index (χ4v) is 3.64. The Hall–Kier alpha value is -2.55. The average Bonchev–Trinajstić information content (AvgIpc) is 3.45. The molecule has 8 heteroatoms. The number of ether oxygens (including phenoxy) is 3. The van der Waals surface area contributed by atoms with E-state index < -0.39 is 0 Å². The Balaban J connectivity index is 1.28. The van der Waals surface area contributed by atoms with Crippen LogP contribution in [-0.4, -0.2) is 68.4 Å². The number of hydrogen-bond donors (Lipinski definition) is 1. The number of hydrogen-bond acceptors (Lipinski definition) is 7. The van der Waals surface area contributed by atoms with Crippen molar-refractivity contribution in [1.82, 2.24) is 15.1 Å². The highest BCUT2D eigenvalue weighted by Gasteiger charge is 2.19. The molecule has 3 heterocycles. The zero-order valence-corrected chi connectivity index (χ0v) is 17.2. The fraction of sp³-hybridized carbons (Fsp3) is 0.500. The van der Waals surface area contributed by atoms with Gasteiger partial charge in [0.15, 0.2) is 11.5 Å². The van der Waals surface area contributed by atoms with E-state index in [1.165, 1.54) is 0 Å². The van der Waals surface area contributed by atoms with Crippen LogP contribution in [0.4, 0.5) is 0 Å². The average molecular weight is 415 g/mol. The molecule has 2 aliphatic heterocycles. The number of nitrogens with one attached hydrogen (secondary N) is 1. The summed E-state index contributed by atoms with van der Waals surface area (Å²) in [4.78, 5) is 17.1. The van der Waals surface area contributed by atoms with Crippen LogP contribution in [0.5, 0.6) is 11.5 Å². The summed E-state index contributed by atoms with van der Waals surface area (Å²) < 4.78 is 21.7. The van der Waals surface area contributed by atoms with Gasteiger partial charge in [0.25, 0.3) is 0 Å². The molecule has 162 valence electrons. The van der Waals surface area contributed by atoms with Gasteiger partial charge in [-0.25, -0.2) is 0 Å². The highest BCUT2D eigenvalue weighted by Crippen LogP contribution is 2.32. The molecule has 4 rings (SSSR count). The summed E-state index contributed by atoms with van der Waals surface area (Å²) in [5.74, 6) is 2.26. The Kier molecular flexibility index (Phi) is 7.23. The van der Waals surface area contributed by atoms with Gasteiger partial charge >= 0.3 is 0 Å². The lowest BCUT2D eigenvalue weighted by Crippen LogP contribution is -2.39. The third-order valence-corrected chi connectivity index (χ3v) is 5.30. The number of nitrogens with zero attached hydrogens (tertiary/aromatic N) is 2. The van der Waals surface area contributed by atoms with Crippen molar-refractivity contribution in [3.05, 3.63) is 47.9 Å². The van der Waals surface area contributed by atoms with Crippen molar-refractivity contribution < 1.29 is 23.4 Å². The van der Waals surface area contributed by atoms with Crippen molar-refractivity contribution in [2.45, 2.75) is 19.5 Å². The molecule has 1 saturated heterocycles.